The van der Waals surface area contributed by atoms with Gasteiger partial charge in [-0.1, -0.05) is 42.0 Å². The summed E-state index contributed by atoms with van der Waals surface area (Å²) in [6, 6.07) is 15.9. The van der Waals surface area contributed by atoms with Gasteiger partial charge in [-0.3, -0.25) is 9.79 Å². The first-order valence-corrected chi connectivity index (χ1v) is 9.21. The van der Waals surface area contributed by atoms with Crippen molar-refractivity contribution < 1.29 is 14.6 Å². The van der Waals surface area contributed by atoms with Crippen LogP contribution in [0.15, 0.2) is 53.5 Å². The molecule has 1 aliphatic rings. The highest BCUT2D eigenvalue weighted by Crippen LogP contribution is 2.47. The summed E-state index contributed by atoms with van der Waals surface area (Å²) in [7, 11) is 0. The molecule has 0 amide bonds. The van der Waals surface area contributed by atoms with E-state index in [9.17, 15) is 9.90 Å². The Morgan fingerprint density at radius 1 is 1.00 bits per heavy atom. The number of para-hydroxylation sites is 1. The van der Waals surface area contributed by atoms with Crippen molar-refractivity contribution in [1.29, 1.82) is 0 Å². The standard InChI is InChI=1S/C24H21NO3/c1-14-8-10-17(11-9-14)22-16(3)24-23(15(2)19(22)12-21(26)27)25-13-18-6-4-5-7-20(18)28-24/h4-11,13H,12H2,1-3H3,(H,26,27). The summed E-state index contributed by atoms with van der Waals surface area (Å²) in [4.78, 5) is 16.3. The number of ether oxygens (including phenoxy) is 1. The summed E-state index contributed by atoms with van der Waals surface area (Å²) >= 11 is 0. The van der Waals surface area contributed by atoms with Crippen LogP contribution in [0.1, 0.15) is 27.8 Å². The van der Waals surface area contributed by atoms with Crippen molar-refractivity contribution in [1.82, 2.24) is 0 Å². The Morgan fingerprint density at radius 2 is 1.71 bits per heavy atom. The maximum Gasteiger partial charge on any atom is 0.307 e. The largest absolute Gasteiger partial charge is 0.481 e. The van der Waals surface area contributed by atoms with Crippen molar-refractivity contribution in [2.75, 3.05) is 0 Å². The molecule has 0 radical (unpaired) electrons. The van der Waals surface area contributed by atoms with Gasteiger partial charge in [0, 0.05) is 17.3 Å². The Balaban J connectivity index is 2.01. The van der Waals surface area contributed by atoms with Crippen molar-refractivity contribution in [3.63, 3.8) is 0 Å². The predicted molar refractivity (Wildman–Crippen MR) is 111 cm³/mol. The molecular weight excluding hydrogens is 350 g/mol. The summed E-state index contributed by atoms with van der Waals surface area (Å²) in [6.45, 7) is 5.93. The molecule has 28 heavy (non-hydrogen) atoms. The quantitative estimate of drug-likeness (QED) is 0.498. The van der Waals surface area contributed by atoms with Gasteiger partial charge in [0.2, 0.25) is 0 Å². The highest BCUT2D eigenvalue weighted by molar-refractivity contribution is 5.92. The Hall–Kier alpha value is -3.40. The molecule has 0 saturated heterocycles. The van der Waals surface area contributed by atoms with E-state index in [-0.39, 0.29) is 6.42 Å². The van der Waals surface area contributed by atoms with Crippen LogP contribution in [0.2, 0.25) is 0 Å². The highest BCUT2D eigenvalue weighted by Gasteiger charge is 2.25. The third-order valence-corrected chi connectivity index (χ3v) is 5.17. The van der Waals surface area contributed by atoms with Crippen LogP contribution < -0.4 is 4.74 Å². The van der Waals surface area contributed by atoms with E-state index in [2.05, 4.69) is 4.99 Å². The minimum absolute atomic E-state index is 0.0639. The molecule has 3 aromatic carbocycles. The van der Waals surface area contributed by atoms with Crippen LogP contribution in [0.5, 0.6) is 11.5 Å². The minimum atomic E-state index is -0.863. The molecule has 0 unspecified atom stereocenters. The third-order valence-electron chi connectivity index (χ3n) is 5.17. The molecule has 0 atom stereocenters. The summed E-state index contributed by atoms with van der Waals surface area (Å²) in [5.41, 5.74) is 7.15. The zero-order valence-electron chi connectivity index (χ0n) is 16.1. The van der Waals surface area contributed by atoms with Gasteiger partial charge in [0.15, 0.2) is 5.75 Å². The Bertz CT molecular complexity index is 1110. The molecular formula is C24H21NO3. The minimum Gasteiger partial charge on any atom is -0.481 e. The molecule has 1 aliphatic heterocycles. The second-order valence-electron chi connectivity index (χ2n) is 7.12. The fourth-order valence-corrected chi connectivity index (χ4v) is 3.71. The number of fused-ring (bicyclic) bond motifs is 2. The van der Waals surface area contributed by atoms with Crippen LogP contribution in [0.25, 0.3) is 11.1 Å². The maximum absolute atomic E-state index is 11.6. The summed E-state index contributed by atoms with van der Waals surface area (Å²) in [6.07, 6.45) is 1.72. The van der Waals surface area contributed by atoms with E-state index in [0.29, 0.717) is 11.4 Å². The summed E-state index contributed by atoms with van der Waals surface area (Å²) in [5.74, 6) is 0.564. The lowest BCUT2D eigenvalue weighted by atomic mass is 9.88. The van der Waals surface area contributed by atoms with Crippen molar-refractivity contribution in [3.05, 3.63) is 76.3 Å². The van der Waals surface area contributed by atoms with Crippen molar-refractivity contribution >= 4 is 17.9 Å². The lowest BCUT2D eigenvalue weighted by molar-refractivity contribution is -0.136. The normalized spacial score (nSPS) is 12.0. The van der Waals surface area contributed by atoms with Crippen LogP contribution in [0, 0.1) is 20.8 Å². The van der Waals surface area contributed by atoms with Gasteiger partial charge in [-0.25, -0.2) is 0 Å². The fourth-order valence-electron chi connectivity index (χ4n) is 3.71. The lowest BCUT2D eigenvalue weighted by Crippen LogP contribution is -2.07. The number of rotatable bonds is 3. The number of nitrogens with zero attached hydrogens (tertiary/aromatic N) is 1. The smallest absolute Gasteiger partial charge is 0.307 e. The number of aliphatic imine (C=N–C) groups is 1. The fraction of sp³-hybridized carbons (Fsp3) is 0.167. The molecule has 0 aliphatic carbocycles. The van der Waals surface area contributed by atoms with Gasteiger partial charge in [0.05, 0.1) is 6.42 Å². The van der Waals surface area contributed by atoms with E-state index >= 15 is 0 Å². The molecule has 4 heteroatoms. The zero-order valence-corrected chi connectivity index (χ0v) is 16.1. The molecule has 3 aromatic rings. The number of aryl methyl sites for hydroxylation is 1. The Labute approximate surface area is 164 Å². The molecule has 0 aromatic heterocycles. The maximum atomic E-state index is 11.6. The van der Waals surface area contributed by atoms with E-state index in [1.165, 1.54) is 0 Å². The second kappa shape index (κ2) is 6.97. The van der Waals surface area contributed by atoms with Crippen LogP contribution in [-0.2, 0) is 11.2 Å². The Kier molecular flexibility index (Phi) is 4.47. The summed E-state index contributed by atoms with van der Waals surface area (Å²) < 4.78 is 6.29. The average molecular weight is 371 g/mol. The number of benzene rings is 3. The Morgan fingerprint density at radius 3 is 2.43 bits per heavy atom. The van der Waals surface area contributed by atoms with E-state index in [1.807, 2.05) is 69.3 Å². The van der Waals surface area contributed by atoms with Gasteiger partial charge < -0.3 is 9.84 Å². The molecule has 1 N–H and O–H groups in total. The number of aliphatic carboxylic acids is 1. The number of hydrogen-bond donors (Lipinski definition) is 1. The van der Waals surface area contributed by atoms with E-state index in [0.717, 1.165) is 44.7 Å². The molecule has 1 heterocycles. The molecule has 4 rings (SSSR count). The van der Waals surface area contributed by atoms with E-state index < -0.39 is 5.97 Å². The van der Waals surface area contributed by atoms with Gasteiger partial charge in [-0.15, -0.1) is 0 Å². The molecule has 0 saturated carbocycles. The van der Waals surface area contributed by atoms with Crippen LogP contribution in [-0.4, -0.2) is 17.3 Å². The van der Waals surface area contributed by atoms with Gasteiger partial charge in [0.1, 0.15) is 11.4 Å². The molecule has 0 bridgehead atoms. The first kappa shape index (κ1) is 18.0. The first-order valence-electron chi connectivity index (χ1n) is 9.21. The van der Waals surface area contributed by atoms with Crippen molar-refractivity contribution in [3.8, 4) is 22.6 Å². The van der Waals surface area contributed by atoms with Gasteiger partial charge in [0.25, 0.3) is 0 Å². The van der Waals surface area contributed by atoms with Crippen molar-refractivity contribution in [2.24, 2.45) is 4.99 Å². The third kappa shape index (κ3) is 3.07. The van der Waals surface area contributed by atoms with Crippen molar-refractivity contribution in [2.45, 2.75) is 27.2 Å². The number of carbonyl (C=O) groups is 1. The molecule has 0 fully saturated rings. The van der Waals surface area contributed by atoms with Crippen LogP contribution >= 0.6 is 0 Å². The topological polar surface area (TPSA) is 58.9 Å². The number of hydrogen-bond acceptors (Lipinski definition) is 3. The van der Waals surface area contributed by atoms with E-state index in [4.69, 9.17) is 4.74 Å². The zero-order chi connectivity index (χ0) is 19.8. The lowest BCUT2D eigenvalue weighted by Gasteiger charge is -2.21. The summed E-state index contributed by atoms with van der Waals surface area (Å²) in [5, 5.41) is 9.53. The number of carboxylic acids is 1. The van der Waals surface area contributed by atoms with Crippen LogP contribution in [0.3, 0.4) is 0 Å². The number of carboxylic acid groups (broad SMARTS) is 1. The molecule has 140 valence electrons. The molecule has 4 nitrogen and oxygen atoms in total. The average Bonchev–Trinajstić information content (AvgIpc) is 2.87. The second-order valence-corrected chi connectivity index (χ2v) is 7.12. The van der Waals surface area contributed by atoms with E-state index in [1.54, 1.807) is 6.21 Å². The highest BCUT2D eigenvalue weighted by atomic mass is 16.5. The SMILES string of the molecule is Cc1ccc(-c2c(C)c3c(c(C)c2CC(=O)O)N=Cc2ccccc2O3)cc1. The molecule has 0 spiro atoms. The first-order chi connectivity index (χ1) is 13.5. The van der Waals surface area contributed by atoms with Crippen LogP contribution in [0.4, 0.5) is 5.69 Å². The van der Waals surface area contributed by atoms with Gasteiger partial charge in [-0.05, 0) is 55.2 Å². The van der Waals surface area contributed by atoms with Gasteiger partial charge >= 0.3 is 5.97 Å². The van der Waals surface area contributed by atoms with Gasteiger partial charge in [-0.2, -0.15) is 0 Å². The predicted octanol–water partition coefficient (Wildman–Crippen LogP) is 5.76. The monoisotopic (exact) mass is 371 g/mol.